The summed E-state index contributed by atoms with van der Waals surface area (Å²) in [6.07, 6.45) is 0. The number of aryl methyl sites for hydroxylation is 1. The van der Waals surface area contributed by atoms with E-state index in [0.29, 0.717) is 55.3 Å². The Bertz CT molecular complexity index is 1470. The van der Waals surface area contributed by atoms with Gasteiger partial charge in [0.25, 0.3) is 5.91 Å². The number of carbonyl (C=O) groups is 1. The molecule has 3 aromatic carbocycles. The van der Waals surface area contributed by atoms with E-state index in [1.807, 2.05) is 37.3 Å². The average Bonchev–Trinajstić information content (AvgIpc) is 3.34. The van der Waals surface area contributed by atoms with E-state index in [0.717, 1.165) is 9.86 Å². The van der Waals surface area contributed by atoms with Crippen molar-refractivity contribution < 1.29 is 9.21 Å². The molecule has 0 saturated carbocycles. The van der Waals surface area contributed by atoms with Crippen LogP contribution in [-0.4, -0.2) is 15.9 Å². The van der Waals surface area contributed by atoms with E-state index in [2.05, 4.69) is 36.5 Å². The molecule has 0 aliphatic carbocycles. The number of para-hydroxylation sites is 1. The minimum absolute atomic E-state index is 0.285. The summed E-state index contributed by atoms with van der Waals surface area (Å²) in [5.74, 6) is 0.837. The summed E-state index contributed by atoms with van der Waals surface area (Å²) in [7, 11) is 0. The summed E-state index contributed by atoms with van der Waals surface area (Å²) in [4.78, 5) is 20.9. The number of nitrogens with zero attached hydrogens (tertiary/aromatic N) is 1. The number of fused-ring (bicyclic) bond motifs is 3. The Kier molecular flexibility index (Phi) is 5.33. The largest absolute Gasteiger partial charge is 0.460 e. The normalized spacial score (nSPS) is 11.2. The van der Waals surface area contributed by atoms with Gasteiger partial charge in [-0.3, -0.25) is 4.79 Å². The highest BCUT2D eigenvalue weighted by Crippen LogP contribution is 2.35. The summed E-state index contributed by atoms with van der Waals surface area (Å²) < 4.78 is 6.79. The molecule has 0 aliphatic heterocycles. The molecular formula is C23H15BrCl2N4O2. The molecule has 0 atom stereocenters. The lowest BCUT2D eigenvalue weighted by molar-refractivity contribution is 0.102. The first kappa shape index (κ1) is 20.9. The van der Waals surface area contributed by atoms with Crippen LogP contribution in [0.2, 0.25) is 10.0 Å². The van der Waals surface area contributed by atoms with Gasteiger partial charge in [0.2, 0.25) is 5.95 Å². The van der Waals surface area contributed by atoms with E-state index in [1.54, 1.807) is 24.3 Å². The summed E-state index contributed by atoms with van der Waals surface area (Å²) >= 11 is 15.9. The van der Waals surface area contributed by atoms with Crippen molar-refractivity contribution in [1.82, 2.24) is 9.97 Å². The van der Waals surface area contributed by atoms with Crippen LogP contribution >= 0.6 is 39.1 Å². The number of anilines is 3. The van der Waals surface area contributed by atoms with Crippen LogP contribution in [0.15, 0.2) is 63.5 Å². The maximum absolute atomic E-state index is 13.1. The van der Waals surface area contributed by atoms with Gasteiger partial charge in [-0.15, -0.1) is 0 Å². The van der Waals surface area contributed by atoms with Gasteiger partial charge in [-0.1, -0.05) is 45.2 Å². The number of H-pyrrole nitrogens is 1. The molecule has 5 aromatic rings. The Labute approximate surface area is 201 Å². The molecule has 0 fully saturated rings. The van der Waals surface area contributed by atoms with Crippen molar-refractivity contribution in [3.8, 4) is 0 Å². The van der Waals surface area contributed by atoms with E-state index in [-0.39, 0.29) is 5.91 Å². The Morgan fingerprint density at radius 3 is 2.53 bits per heavy atom. The van der Waals surface area contributed by atoms with E-state index >= 15 is 0 Å². The molecule has 0 unspecified atom stereocenters. The number of benzene rings is 3. The van der Waals surface area contributed by atoms with E-state index in [4.69, 9.17) is 27.6 Å². The smallest absolute Gasteiger partial charge is 0.259 e. The molecule has 0 saturated heterocycles. The number of carbonyl (C=O) groups excluding carboxylic acids is 1. The van der Waals surface area contributed by atoms with Crippen molar-refractivity contribution in [2.45, 2.75) is 6.92 Å². The van der Waals surface area contributed by atoms with Gasteiger partial charge in [-0.2, -0.15) is 0 Å². The van der Waals surface area contributed by atoms with Crippen LogP contribution in [0.4, 0.5) is 17.3 Å². The second-order valence-corrected chi connectivity index (χ2v) is 8.92. The predicted octanol–water partition coefficient (Wildman–Crippen LogP) is 7.68. The second-order valence-electron chi connectivity index (χ2n) is 7.19. The van der Waals surface area contributed by atoms with Gasteiger partial charge in [-0.25, -0.2) is 4.98 Å². The first-order valence-electron chi connectivity index (χ1n) is 9.60. The topological polar surface area (TPSA) is 83.0 Å². The highest BCUT2D eigenvalue weighted by Gasteiger charge is 2.20. The SMILES string of the molecule is Cc1cc2c(o1)c(C(=O)Nc1ccc(Br)cc1)cc1[nH]c(Nc3c(Cl)cccc3Cl)nc12. The van der Waals surface area contributed by atoms with Crippen LogP contribution in [0, 0.1) is 6.92 Å². The quantitative estimate of drug-likeness (QED) is 0.223. The number of aromatic nitrogens is 2. The summed E-state index contributed by atoms with van der Waals surface area (Å²) in [5, 5.41) is 7.71. The molecular weight excluding hydrogens is 515 g/mol. The molecule has 1 amide bonds. The second kappa shape index (κ2) is 8.16. The Morgan fingerprint density at radius 1 is 1.09 bits per heavy atom. The fraction of sp³-hybridized carbons (Fsp3) is 0.0435. The number of nitrogens with one attached hydrogen (secondary N) is 3. The van der Waals surface area contributed by atoms with E-state index in [1.165, 1.54) is 0 Å². The number of hydrogen-bond acceptors (Lipinski definition) is 4. The summed E-state index contributed by atoms with van der Waals surface area (Å²) in [6, 6.07) is 16.2. The zero-order chi connectivity index (χ0) is 22.4. The third-order valence-corrected chi connectivity index (χ3v) is 6.09. The highest BCUT2D eigenvalue weighted by atomic mass is 79.9. The number of hydrogen-bond donors (Lipinski definition) is 3. The van der Waals surface area contributed by atoms with E-state index < -0.39 is 0 Å². The third-order valence-electron chi connectivity index (χ3n) is 4.93. The minimum Gasteiger partial charge on any atom is -0.460 e. The molecule has 2 heterocycles. The number of furan rings is 1. The molecule has 0 aliphatic rings. The number of halogens is 3. The lowest BCUT2D eigenvalue weighted by Gasteiger charge is -2.07. The van der Waals surface area contributed by atoms with Crippen LogP contribution < -0.4 is 10.6 Å². The molecule has 5 rings (SSSR count). The van der Waals surface area contributed by atoms with Crippen molar-refractivity contribution in [2.24, 2.45) is 0 Å². The molecule has 0 radical (unpaired) electrons. The first-order chi connectivity index (χ1) is 15.4. The third kappa shape index (κ3) is 3.83. The Morgan fingerprint density at radius 2 is 1.81 bits per heavy atom. The molecule has 6 nitrogen and oxygen atoms in total. The summed E-state index contributed by atoms with van der Waals surface area (Å²) in [6.45, 7) is 1.83. The first-order valence-corrected chi connectivity index (χ1v) is 11.1. The number of rotatable bonds is 4. The zero-order valence-corrected chi connectivity index (χ0v) is 19.7. The molecule has 160 valence electrons. The lowest BCUT2D eigenvalue weighted by Crippen LogP contribution is -2.12. The van der Waals surface area contributed by atoms with Crippen molar-refractivity contribution in [3.63, 3.8) is 0 Å². The predicted molar refractivity (Wildman–Crippen MR) is 132 cm³/mol. The van der Waals surface area contributed by atoms with Crippen molar-refractivity contribution >= 4 is 84.4 Å². The van der Waals surface area contributed by atoms with Crippen LogP contribution in [0.5, 0.6) is 0 Å². The zero-order valence-electron chi connectivity index (χ0n) is 16.6. The van der Waals surface area contributed by atoms with Gasteiger partial charge in [0.15, 0.2) is 0 Å². The van der Waals surface area contributed by atoms with Gasteiger partial charge in [0.05, 0.1) is 26.8 Å². The average molecular weight is 530 g/mol. The van der Waals surface area contributed by atoms with Crippen LogP contribution in [0.3, 0.4) is 0 Å². The number of amides is 1. The van der Waals surface area contributed by atoms with Crippen molar-refractivity contribution in [1.29, 1.82) is 0 Å². The fourth-order valence-corrected chi connectivity index (χ4v) is 4.25. The molecule has 9 heteroatoms. The van der Waals surface area contributed by atoms with Gasteiger partial charge < -0.3 is 20.0 Å². The maximum Gasteiger partial charge on any atom is 0.259 e. The Hall–Kier alpha value is -3.00. The molecule has 0 spiro atoms. The maximum atomic E-state index is 13.1. The molecule has 2 aromatic heterocycles. The van der Waals surface area contributed by atoms with Crippen LogP contribution in [-0.2, 0) is 0 Å². The van der Waals surface area contributed by atoms with Gasteiger partial charge in [-0.05, 0) is 55.5 Å². The Balaban J connectivity index is 1.58. The standard InChI is InChI=1S/C23H15BrCl2N4O2/c1-11-9-14-19-18(28-23(29-19)30-20-16(25)3-2-4-17(20)26)10-15(21(14)32-11)22(31)27-13-7-5-12(24)6-8-13/h2-10H,1H3,(H,27,31)(H2,28,29,30). The van der Waals surface area contributed by atoms with Crippen LogP contribution in [0.25, 0.3) is 22.0 Å². The number of imidazole rings is 1. The molecule has 0 bridgehead atoms. The lowest BCUT2D eigenvalue weighted by atomic mass is 10.1. The fourth-order valence-electron chi connectivity index (χ4n) is 3.49. The molecule has 3 N–H and O–H groups in total. The van der Waals surface area contributed by atoms with Crippen molar-refractivity contribution in [3.05, 3.63) is 80.4 Å². The molecule has 32 heavy (non-hydrogen) atoms. The number of aromatic amines is 1. The highest BCUT2D eigenvalue weighted by molar-refractivity contribution is 9.10. The minimum atomic E-state index is -0.285. The van der Waals surface area contributed by atoms with Gasteiger partial charge in [0, 0.05) is 15.5 Å². The van der Waals surface area contributed by atoms with Gasteiger partial charge in [0.1, 0.15) is 16.9 Å². The van der Waals surface area contributed by atoms with Crippen molar-refractivity contribution in [2.75, 3.05) is 10.6 Å². The summed E-state index contributed by atoms with van der Waals surface area (Å²) in [5.41, 5.74) is 3.43. The van der Waals surface area contributed by atoms with Gasteiger partial charge >= 0.3 is 0 Å². The van der Waals surface area contributed by atoms with E-state index in [9.17, 15) is 4.79 Å². The van der Waals surface area contributed by atoms with Crippen LogP contribution in [0.1, 0.15) is 16.1 Å². The monoisotopic (exact) mass is 528 g/mol.